The van der Waals surface area contributed by atoms with Crippen LogP contribution in [0.25, 0.3) is 11.5 Å². The van der Waals surface area contributed by atoms with Crippen molar-refractivity contribution >= 4 is 11.5 Å². The lowest BCUT2D eigenvalue weighted by atomic mass is 10.1. The summed E-state index contributed by atoms with van der Waals surface area (Å²) in [4.78, 5) is 0. The molecule has 2 aromatic carbocycles. The molecule has 116 valence electrons. The molecule has 0 amide bonds. The monoisotopic (exact) mass is 302 g/mol. The molecule has 2 aromatic rings. The molecule has 0 aliphatic carbocycles. The Hall–Kier alpha value is -2.82. The van der Waals surface area contributed by atoms with E-state index in [1.54, 1.807) is 42.5 Å². The number of aliphatic hydroxyl groups is 2. The molecule has 0 aliphatic heterocycles. The van der Waals surface area contributed by atoms with Crippen LogP contribution in [-0.2, 0) is 0 Å². The van der Waals surface area contributed by atoms with Crippen LogP contribution in [0.1, 0.15) is 11.1 Å². The van der Waals surface area contributed by atoms with E-state index in [1.807, 2.05) is 0 Å². The van der Waals surface area contributed by atoms with Crippen LogP contribution < -0.4 is 14.2 Å². The highest BCUT2D eigenvalue weighted by Crippen LogP contribution is 2.32. The zero-order valence-corrected chi connectivity index (χ0v) is 12.7. The smallest absolute Gasteiger partial charge is 0.169 e. The van der Waals surface area contributed by atoms with E-state index in [1.165, 1.54) is 21.3 Å². The number of ether oxygens (including phenoxy) is 3. The van der Waals surface area contributed by atoms with Crippen molar-refractivity contribution in [2.24, 2.45) is 0 Å². The molecule has 0 fully saturated rings. The van der Waals surface area contributed by atoms with Gasteiger partial charge < -0.3 is 24.4 Å². The largest absolute Gasteiger partial charge is 0.504 e. The molecular formula is C17H18O5. The molecule has 0 aromatic heterocycles. The van der Waals surface area contributed by atoms with Gasteiger partial charge >= 0.3 is 0 Å². The van der Waals surface area contributed by atoms with Gasteiger partial charge in [0.2, 0.25) is 0 Å². The van der Waals surface area contributed by atoms with E-state index in [2.05, 4.69) is 0 Å². The molecule has 0 saturated heterocycles. The lowest BCUT2D eigenvalue weighted by molar-refractivity contribution is 0.389. The van der Waals surface area contributed by atoms with Gasteiger partial charge in [0, 0.05) is 11.6 Å². The van der Waals surface area contributed by atoms with Gasteiger partial charge in [-0.1, -0.05) is 12.1 Å². The standard InChI is InChI=1S/C17H18O5/c1-20-12-6-4-5-11(9-12)16(18)17(19)14-8-7-13(21-2)10-15(14)22-3/h4-10,18-19H,1-3H3. The topological polar surface area (TPSA) is 68.2 Å². The summed E-state index contributed by atoms with van der Waals surface area (Å²) in [7, 11) is 4.55. The highest BCUT2D eigenvalue weighted by atomic mass is 16.5. The first-order chi connectivity index (χ1) is 10.6. The van der Waals surface area contributed by atoms with E-state index < -0.39 is 0 Å². The fourth-order valence-electron chi connectivity index (χ4n) is 2.03. The maximum absolute atomic E-state index is 10.3. The van der Waals surface area contributed by atoms with Gasteiger partial charge in [-0.25, -0.2) is 0 Å². The van der Waals surface area contributed by atoms with Gasteiger partial charge in [0.1, 0.15) is 17.2 Å². The highest BCUT2D eigenvalue weighted by Gasteiger charge is 2.15. The molecule has 0 spiro atoms. The van der Waals surface area contributed by atoms with Crippen molar-refractivity contribution in [2.75, 3.05) is 21.3 Å². The summed E-state index contributed by atoms with van der Waals surface area (Å²) in [6.45, 7) is 0. The van der Waals surface area contributed by atoms with E-state index >= 15 is 0 Å². The Bertz CT molecular complexity index is 691. The van der Waals surface area contributed by atoms with Gasteiger partial charge in [-0.3, -0.25) is 0 Å². The van der Waals surface area contributed by atoms with Crippen LogP contribution in [0.4, 0.5) is 0 Å². The van der Waals surface area contributed by atoms with E-state index in [-0.39, 0.29) is 11.5 Å². The van der Waals surface area contributed by atoms with Crippen molar-refractivity contribution < 1.29 is 24.4 Å². The third-order valence-corrected chi connectivity index (χ3v) is 3.23. The average molecular weight is 302 g/mol. The van der Waals surface area contributed by atoms with Gasteiger partial charge in [-0.05, 0) is 24.3 Å². The van der Waals surface area contributed by atoms with Gasteiger partial charge in [0.25, 0.3) is 0 Å². The summed E-state index contributed by atoms with van der Waals surface area (Å²) < 4.78 is 15.4. The predicted molar refractivity (Wildman–Crippen MR) is 84.6 cm³/mol. The van der Waals surface area contributed by atoms with Crippen LogP contribution in [-0.4, -0.2) is 31.5 Å². The predicted octanol–water partition coefficient (Wildman–Crippen LogP) is 3.65. The fourth-order valence-corrected chi connectivity index (χ4v) is 2.03. The molecular weight excluding hydrogens is 284 g/mol. The van der Waals surface area contributed by atoms with Crippen LogP contribution >= 0.6 is 0 Å². The van der Waals surface area contributed by atoms with E-state index in [0.29, 0.717) is 28.4 Å². The summed E-state index contributed by atoms with van der Waals surface area (Å²) >= 11 is 0. The minimum Gasteiger partial charge on any atom is -0.504 e. The van der Waals surface area contributed by atoms with Crippen molar-refractivity contribution in [3.63, 3.8) is 0 Å². The van der Waals surface area contributed by atoms with Crippen molar-refractivity contribution in [3.05, 3.63) is 53.6 Å². The maximum atomic E-state index is 10.3. The molecule has 22 heavy (non-hydrogen) atoms. The Kier molecular flexibility index (Phi) is 4.78. The van der Waals surface area contributed by atoms with E-state index in [0.717, 1.165) is 0 Å². The lowest BCUT2D eigenvalue weighted by Gasteiger charge is -2.12. The Morgan fingerprint density at radius 1 is 0.773 bits per heavy atom. The Labute approximate surface area is 129 Å². The maximum Gasteiger partial charge on any atom is 0.169 e. The van der Waals surface area contributed by atoms with Crippen molar-refractivity contribution in [1.82, 2.24) is 0 Å². The molecule has 0 bridgehead atoms. The zero-order chi connectivity index (χ0) is 16.1. The summed E-state index contributed by atoms with van der Waals surface area (Å²) in [5.41, 5.74) is 0.804. The molecule has 0 unspecified atom stereocenters. The van der Waals surface area contributed by atoms with Gasteiger partial charge in [-0.15, -0.1) is 0 Å². The third-order valence-electron chi connectivity index (χ3n) is 3.23. The summed E-state index contributed by atoms with van der Waals surface area (Å²) in [5.74, 6) is 1.02. The molecule has 0 heterocycles. The van der Waals surface area contributed by atoms with Crippen LogP contribution in [0.2, 0.25) is 0 Å². The number of rotatable bonds is 5. The van der Waals surface area contributed by atoms with Crippen molar-refractivity contribution in [1.29, 1.82) is 0 Å². The second kappa shape index (κ2) is 6.76. The quantitative estimate of drug-likeness (QED) is 0.651. The van der Waals surface area contributed by atoms with Crippen LogP contribution in [0.15, 0.2) is 42.5 Å². The minimum absolute atomic E-state index is 0.262. The summed E-state index contributed by atoms with van der Waals surface area (Å²) in [6, 6.07) is 11.7. The summed E-state index contributed by atoms with van der Waals surface area (Å²) in [5, 5.41) is 20.6. The average Bonchev–Trinajstić information content (AvgIpc) is 2.59. The van der Waals surface area contributed by atoms with Crippen molar-refractivity contribution in [2.45, 2.75) is 0 Å². The number of hydrogen-bond donors (Lipinski definition) is 2. The molecule has 5 nitrogen and oxygen atoms in total. The van der Waals surface area contributed by atoms with Gasteiger partial charge in [0.15, 0.2) is 11.5 Å². The number of benzene rings is 2. The molecule has 0 saturated carbocycles. The number of hydrogen-bond acceptors (Lipinski definition) is 5. The Morgan fingerprint density at radius 3 is 2.09 bits per heavy atom. The first-order valence-corrected chi connectivity index (χ1v) is 6.59. The van der Waals surface area contributed by atoms with Gasteiger partial charge in [0.05, 0.1) is 26.9 Å². The number of methoxy groups -OCH3 is 3. The van der Waals surface area contributed by atoms with Crippen LogP contribution in [0.5, 0.6) is 17.2 Å². The first kappa shape index (κ1) is 15.6. The molecule has 0 radical (unpaired) electrons. The molecule has 0 aliphatic rings. The fraction of sp³-hybridized carbons (Fsp3) is 0.176. The number of aliphatic hydroxyl groups excluding tert-OH is 2. The molecule has 2 N–H and O–H groups in total. The normalized spacial score (nSPS) is 11.6. The zero-order valence-electron chi connectivity index (χ0n) is 12.7. The Balaban J connectivity index is 2.50. The van der Waals surface area contributed by atoms with Crippen molar-refractivity contribution in [3.8, 4) is 17.2 Å². The molecule has 0 atom stereocenters. The lowest BCUT2D eigenvalue weighted by Crippen LogP contribution is -1.96. The first-order valence-electron chi connectivity index (χ1n) is 6.59. The van der Waals surface area contributed by atoms with Gasteiger partial charge in [-0.2, -0.15) is 0 Å². The van der Waals surface area contributed by atoms with Crippen LogP contribution in [0, 0.1) is 0 Å². The second-order valence-electron chi connectivity index (χ2n) is 4.50. The SMILES string of the molecule is COc1cccc(C(O)=C(O)c2ccc(OC)cc2OC)c1. The molecule has 5 heteroatoms. The highest BCUT2D eigenvalue weighted by molar-refractivity contribution is 5.84. The Morgan fingerprint density at radius 2 is 1.45 bits per heavy atom. The van der Waals surface area contributed by atoms with Crippen LogP contribution in [0.3, 0.4) is 0 Å². The van der Waals surface area contributed by atoms with E-state index in [4.69, 9.17) is 14.2 Å². The summed E-state index contributed by atoms with van der Waals surface area (Å²) in [6.07, 6.45) is 0. The van der Waals surface area contributed by atoms with E-state index in [9.17, 15) is 10.2 Å². The molecule has 2 rings (SSSR count). The second-order valence-corrected chi connectivity index (χ2v) is 4.50. The minimum atomic E-state index is -0.284. The third kappa shape index (κ3) is 3.09.